The molecular formula is C26H27N7O3. The predicted molar refractivity (Wildman–Crippen MR) is 137 cm³/mol. The molecule has 0 radical (unpaired) electrons. The zero-order chi connectivity index (χ0) is 25.3. The Balaban J connectivity index is 0.000000200. The Morgan fingerprint density at radius 2 is 1.61 bits per heavy atom. The summed E-state index contributed by atoms with van der Waals surface area (Å²) in [4.78, 5) is 31.5. The minimum Gasteiger partial charge on any atom is -0.457 e. The highest BCUT2D eigenvalue weighted by Gasteiger charge is 2.14. The molecule has 1 saturated heterocycles. The number of nitrogens with zero attached hydrogens (tertiary/aromatic N) is 4. The van der Waals surface area contributed by atoms with Gasteiger partial charge in [-0.25, -0.2) is 9.97 Å². The van der Waals surface area contributed by atoms with Gasteiger partial charge in [0, 0.05) is 30.8 Å². The van der Waals surface area contributed by atoms with Crippen LogP contribution in [0.15, 0.2) is 73.1 Å². The summed E-state index contributed by atoms with van der Waals surface area (Å²) in [6.45, 7) is 1.59. The molecule has 1 fully saturated rings. The SMILES string of the molecule is NC(=O)/C=C/C(=O)N1CCCCC1.Nc1ncnc2n[nH]c(-c3ccc(Oc4ccccc4)cc3)c12. The number of carbonyl (C=O) groups excluding carboxylic acids is 2. The van der Waals surface area contributed by atoms with Crippen molar-refractivity contribution in [2.24, 2.45) is 5.73 Å². The van der Waals surface area contributed by atoms with E-state index >= 15 is 0 Å². The summed E-state index contributed by atoms with van der Waals surface area (Å²) < 4.78 is 5.79. The molecule has 2 aromatic carbocycles. The maximum atomic E-state index is 11.3. The van der Waals surface area contributed by atoms with E-state index in [4.69, 9.17) is 16.2 Å². The number of rotatable bonds is 5. The van der Waals surface area contributed by atoms with Crippen molar-refractivity contribution in [2.75, 3.05) is 18.8 Å². The average molecular weight is 486 g/mol. The number of para-hydroxylation sites is 1. The van der Waals surface area contributed by atoms with Crippen molar-refractivity contribution >= 4 is 28.7 Å². The van der Waals surface area contributed by atoms with Gasteiger partial charge in [-0.05, 0) is 55.7 Å². The molecule has 3 heterocycles. The zero-order valence-electron chi connectivity index (χ0n) is 19.6. The van der Waals surface area contributed by atoms with Gasteiger partial charge in [0.1, 0.15) is 23.6 Å². The Kier molecular flexibility index (Phi) is 7.87. The number of carbonyl (C=O) groups is 2. The van der Waals surface area contributed by atoms with Gasteiger partial charge in [0.05, 0.1) is 11.1 Å². The summed E-state index contributed by atoms with van der Waals surface area (Å²) in [7, 11) is 0. The molecule has 2 aromatic heterocycles. The van der Waals surface area contributed by atoms with Gasteiger partial charge in [0.15, 0.2) is 5.65 Å². The third kappa shape index (κ3) is 6.23. The van der Waals surface area contributed by atoms with Gasteiger partial charge in [-0.3, -0.25) is 14.7 Å². The van der Waals surface area contributed by atoms with E-state index in [9.17, 15) is 9.59 Å². The molecule has 1 aliphatic rings. The molecule has 0 atom stereocenters. The van der Waals surface area contributed by atoms with E-state index in [1.54, 1.807) is 4.90 Å². The Labute approximate surface area is 208 Å². The Morgan fingerprint density at radius 1 is 0.917 bits per heavy atom. The summed E-state index contributed by atoms with van der Waals surface area (Å²) >= 11 is 0. The summed E-state index contributed by atoms with van der Waals surface area (Å²) in [6, 6.07) is 17.3. The fraction of sp³-hybridized carbons (Fsp3) is 0.192. The van der Waals surface area contributed by atoms with E-state index in [2.05, 4.69) is 20.2 Å². The van der Waals surface area contributed by atoms with Crippen molar-refractivity contribution in [1.29, 1.82) is 0 Å². The van der Waals surface area contributed by atoms with Crippen LogP contribution in [0.5, 0.6) is 11.5 Å². The van der Waals surface area contributed by atoms with Crippen LogP contribution in [0, 0.1) is 0 Å². The fourth-order valence-electron chi connectivity index (χ4n) is 3.78. The van der Waals surface area contributed by atoms with Crippen molar-refractivity contribution in [3.63, 3.8) is 0 Å². The molecule has 10 nitrogen and oxygen atoms in total. The van der Waals surface area contributed by atoms with Crippen LogP contribution < -0.4 is 16.2 Å². The highest BCUT2D eigenvalue weighted by Crippen LogP contribution is 2.30. The van der Waals surface area contributed by atoms with E-state index in [0.717, 1.165) is 60.1 Å². The molecule has 0 saturated carbocycles. The monoisotopic (exact) mass is 485 g/mol. The number of primary amides is 1. The standard InChI is InChI=1S/C17H13N5O.C9H14N2O2/c18-16-14-15(21-22-17(14)20-10-19-16)11-6-8-13(9-7-11)23-12-4-2-1-3-5-12;10-8(12)4-5-9(13)11-6-2-1-3-7-11/h1-10H,(H3,18,19,20,21,22);4-5H,1-3,6-7H2,(H2,10,12)/b;5-4+. The number of aromatic nitrogens is 4. The molecule has 4 aromatic rings. The normalized spacial score (nSPS) is 13.3. The summed E-state index contributed by atoms with van der Waals surface area (Å²) in [5.41, 5.74) is 13.1. The van der Waals surface area contributed by atoms with Crippen LogP contribution in [0.25, 0.3) is 22.3 Å². The highest BCUT2D eigenvalue weighted by molar-refractivity contribution is 5.98. The van der Waals surface area contributed by atoms with Crippen molar-refractivity contribution < 1.29 is 14.3 Å². The number of nitrogens with two attached hydrogens (primary N) is 2. The van der Waals surface area contributed by atoms with Crippen LogP contribution in [0.3, 0.4) is 0 Å². The second-order valence-corrected chi connectivity index (χ2v) is 8.12. The molecule has 5 N–H and O–H groups in total. The lowest BCUT2D eigenvalue weighted by Gasteiger charge is -2.25. The lowest BCUT2D eigenvalue weighted by atomic mass is 10.1. The number of nitrogens with one attached hydrogen (secondary N) is 1. The summed E-state index contributed by atoms with van der Waals surface area (Å²) in [6.07, 6.45) is 7.04. The number of amides is 2. The molecule has 2 amide bonds. The number of fused-ring (bicyclic) bond motifs is 1. The maximum absolute atomic E-state index is 11.3. The molecule has 0 bridgehead atoms. The van der Waals surface area contributed by atoms with Crippen LogP contribution in [-0.2, 0) is 9.59 Å². The summed E-state index contributed by atoms with van der Waals surface area (Å²) in [5.74, 6) is 1.27. The van der Waals surface area contributed by atoms with Gasteiger partial charge >= 0.3 is 0 Å². The van der Waals surface area contributed by atoms with Gasteiger partial charge < -0.3 is 21.1 Å². The zero-order valence-corrected chi connectivity index (χ0v) is 19.6. The number of anilines is 1. The first-order chi connectivity index (χ1) is 17.5. The van der Waals surface area contributed by atoms with Crippen molar-refractivity contribution in [3.8, 4) is 22.8 Å². The highest BCUT2D eigenvalue weighted by atomic mass is 16.5. The number of benzene rings is 2. The first-order valence-electron chi connectivity index (χ1n) is 11.6. The van der Waals surface area contributed by atoms with Gasteiger partial charge in [-0.2, -0.15) is 5.10 Å². The average Bonchev–Trinajstić information content (AvgIpc) is 3.35. The number of hydrogen-bond acceptors (Lipinski definition) is 7. The molecule has 5 rings (SSSR count). The van der Waals surface area contributed by atoms with Crippen LogP contribution in [0.4, 0.5) is 5.82 Å². The number of nitrogen functional groups attached to an aromatic ring is 1. The fourth-order valence-corrected chi connectivity index (χ4v) is 3.78. The van der Waals surface area contributed by atoms with Crippen molar-refractivity contribution in [3.05, 3.63) is 73.1 Å². The molecule has 0 spiro atoms. The molecule has 10 heteroatoms. The summed E-state index contributed by atoms with van der Waals surface area (Å²) in [5, 5.41) is 7.85. The minimum atomic E-state index is -0.578. The molecule has 184 valence electrons. The van der Waals surface area contributed by atoms with E-state index in [1.165, 1.54) is 18.8 Å². The smallest absolute Gasteiger partial charge is 0.246 e. The van der Waals surface area contributed by atoms with Gasteiger partial charge in [-0.15, -0.1) is 0 Å². The molecule has 0 unspecified atom stereocenters. The molecule has 1 aliphatic heterocycles. The van der Waals surface area contributed by atoms with Gasteiger partial charge in [0.25, 0.3) is 0 Å². The third-order valence-electron chi connectivity index (χ3n) is 5.56. The Hall–Kier alpha value is -4.73. The minimum absolute atomic E-state index is 0.112. The number of hydrogen-bond donors (Lipinski definition) is 3. The van der Waals surface area contributed by atoms with E-state index in [1.807, 2.05) is 54.6 Å². The van der Waals surface area contributed by atoms with Crippen LogP contribution in [0.2, 0.25) is 0 Å². The van der Waals surface area contributed by atoms with E-state index < -0.39 is 5.91 Å². The number of likely N-dealkylation sites (tertiary alicyclic amines) is 1. The lowest BCUT2D eigenvalue weighted by molar-refractivity contribution is -0.127. The first kappa shape index (κ1) is 24.4. The number of piperidine rings is 1. The van der Waals surface area contributed by atoms with Crippen molar-refractivity contribution in [2.45, 2.75) is 19.3 Å². The Morgan fingerprint density at radius 3 is 2.31 bits per heavy atom. The molecular weight excluding hydrogens is 458 g/mol. The second kappa shape index (κ2) is 11.6. The van der Waals surface area contributed by atoms with Crippen molar-refractivity contribution in [1.82, 2.24) is 25.1 Å². The van der Waals surface area contributed by atoms with Crippen LogP contribution in [0.1, 0.15) is 19.3 Å². The number of aromatic amines is 1. The predicted octanol–water partition coefficient (Wildman–Crippen LogP) is 3.43. The van der Waals surface area contributed by atoms with Crippen LogP contribution >= 0.6 is 0 Å². The largest absolute Gasteiger partial charge is 0.457 e. The Bertz CT molecular complexity index is 1350. The number of H-pyrrole nitrogens is 1. The van der Waals surface area contributed by atoms with Crippen LogP contribution in [-0.4, -0.2) is 50.0 Å². The number of ether oxygens (including phenoxy) is 1. The first-order valence-corrected chi connectivity index (χ1v) is 11.6. The quantitative estimate of drug-likeness (QED) is 0.366. The van der Waals surface area contributed by atoms with E-state index in [0.29, 0.717) is 11.5 Å². The maximum Gasteiger partial charge on any atom is 0.246 e. The molecule has 0 aliphatic carbocycles. The molecule has 36 heavy (non-hydrogen) atoms. The van der Waals surface area contributed by atoms with E-state index in [-0.39, 0.29) is 5.91 Å². The lowest BCUT2D eigenvalue weighted by Crippen LogP contribution is -2.34. The topological polar surface area (TPSA) is 153 Å². The van der Waals surface area contributed by atoms with Gasteiger partial charge in [0.2, 0.25) is 11.8 Å². The second-order valence-electron chi connectivity index (χ2n) is 8.12. The van der Waals surface area contributed by atoms with Gasteiger partial charge in [-0.1, -0.05) is 18.2 Å². The third-order valence-corrected chi connectivity index (χ3v) is 5.56.